The van der Waals surface area contributed by atoms with Crippen molar-refractivity contribution in [2.45, 2.75) is 39.4 Å². The maximum Gasteiger partial charge on any atom is 0.240 e. The topological polar surface area (TPSA) is 82.9 Å². The summed E-state index contributed by atoms with van der Waals surface area (Å²) in [5.41, 5.74) is 5.68. The molecule has 1 fully saturated rings. The molecule has 0 bridgehead atoms. The summed E-state index contributed by atoms with van der Waals surface area (Å²) in [6.45, 7) is 7.81. The molecule has 1 heterocycles. The van der Waals surface area contributed by atoms with Crippen LogP contribution in [0, 0.1) is 20.8 Å². The van der Waals surface area contributed by atoms with E-state index >= 15 is 0 Å². The van der Waals surface area contributed by atoms with E-state index in [1.807, 2.05) is 70.2 Å². The van der Waals surface area contributed by atoms with Crippen LogP contribution in [0.1, 0.15) is 35.6 Å². The molecule has 0 radical (unpaired) electrons. The average molecular weight is 409 g/mol. The Kier molecular flexibility index (Phi) is 6.49. The van der Waals surface area contributed by atoms with Crippen LogP contribution in [-0.2, 0) is 9.59 Å². The van der Waals surface area contributed by atoms with Crippen molar-refractivity contribution in [1.29, 1.82) is 0 Å². The number of benzene rings is 2. The number of rotatable bonds is 5. The Labute approximate surface area is 174 Å². The molecule has 1 aliphatic rings. The van der Waals surface area contributed by atoms with Gasteiger partial charge in [-0.2, -0.15) is 5.10 Å². The number of anilines is 1. The van der Waals surface area contributed by atoms with Crippen molar-refractivity contribution in [2.24, 2.45) is 10.2 Å². The van der Waals surface area contributed by atoms with E-state index in [9.17, 15) is 9.59 Å². The molecule has 1 atom stereocenters. The Balaban J connectivity index is 1.63. The van der Waals surface area contributed by atoms with Gasteiger partial charge in [0.1, 0.15) is 5.25 Å². The number of amides is 2. The molecule has 7 heteroatoms. The van der Waals surface area contributed by atoms with Crippen molar-refractivity contribution in [3.63, 3.8) is 0 Å². The summed E-state index contributed by atoms with van der Waals surface area (Å²) in [6.07, 6.45) is 0.0731. The third-order valence-corrected chi connectivity index (χ3v) is 5.64. The van der Waals surface area contributed by atoms with Crippen molar-refractivity contribution >= 4 is 40.1 Å². The van der Waals surface area contributed by atoms with E-state index in [-0.39, 0.29) is 18.2 Å². The number of aryl methyl sites for hydroxylation is 3. The number of hydrogen-bond donors (Lipinski definition) is 2. The number of nitrogens with zero attached hydrogens (tertiary/aromatic N) is 2. The molecule has 6 nitrogen and oxygen atoms in total. The van der Waals surface area contributed by atoms with Crippen LogP contribution >= 0.6 is 11.8 Å². The molecule has 150 valence electrons. The molecule has 2 amide bonds. The first-order valence-electron chi connectivity index (χ1n) is 9.36. The van der Waals surface area contributed by atoms with Gasteiger partial charge in [0.15, 0.2) is 5.17 Å². The Morgan fingerprint density at radius 1 is 1.14 bits per heavy atom. The van der Waals surface area contributed by atoms with E-state index in [4.69, 9.17) is 0 Å². The minimum absolute atomic E-state index is 0.0731. The lowest BCUT2D eigenvalue weighted by molar-refractivity contribution is -0.122. The van der Waals surface area contributed by atoms with Crippen LogP contribution in [0.25, 0.3) is 0 Å². The van der Waals surface area contributed by atoms with E-state index in [2.05, 4.69) is 20.8 Å². The second-order valence-corrected chi connectivity index (χ2v) is 8.27. The lowest BCUT2D eigenvalue weighted by Crippen LogP contribution is -2.28. The largest absolute Gasteiger partial charge is 0.326 e. The van der Waals surface area contributed by atoms with Gasteiger partial charge in [0, 0.05) is 12.1 Å². The van der Waals surface area contributed by atoms with Gasteiger partial charge in [0.25, 0.3) is 0 Å². The molecule has 0 unspecified atom stereocenters. The van der Waals surface area contributed by atoms with E-state index in [0.29, 0.717) is 5.17 Å². The molecule has 1 saturated heterocycles. The quantitative estimate of drug-likeness (QED) is 0.580. The summed E-state index contributed by atoms with van der Waals surface area (Å²) in [6, 6.07) is 13.7. The maximum atomic E-state index is 12.5. The van der Waals surface area contributed by atoms with Gasteiger partial charge in [0.05, 0.1) is 5.71 Å². The molecule has 0 aliphatic carbocycles. The van der Waals surface area contributed by atoms with Crippen LogP contribution in [0.2, 0.25) is 0 Å². The molecule has 0 spiro atoms. The number of amidine groups is 1. The summed E-state index contributed by atoms with van der Waals surface area (Å²) >= 11 is 1.23. The third kappa shape index (κ3) is 5.32. The minimum Gasteiger partial charge on any atom is -0.326 e. The highest BCUT2D eigenvalue weighted by Gasteiger charge is 2.32. The zero-order valence-electron chi connectivity index (χ0n) is 16.9. The maximum absolute atomic E-state index is 12.5. The monoisotopic (exact) mass is 408 g/mol. The predicted octanol–water partition coefficient (Wildman–Crippen LogP) is 3.95. The fourth-order valence-electron chi connectivity index (χ4n) is 3.18. The van der Waals surface area contributed by atoms with Gasteiger partial charge in [-0.25, -0.2) is 0 Å². The van der Waals surface area contributed by atoms with Crippen LogP contribution in [0.3, 0.4) is 0 Å². The van der Waals surface area contributed by atoms with E-state index in [0.717, 1.165) is 33.7 Å². The molecule has 0 saturated carbocycles. The van der Waals surface area contributed by atoms with Crippen LogP contribution in [-0.4, -0.2) is 27.9 Å². The van der Waals surface area contributed by atoms with Crippen molar-refractivity contribution in [3.8, 4) is 0 Å². The smallest absolute Gasteiger partial charge is 0.240 e. The first-order valence-corrected chi connectivity index (χ1v) is 10.2. The number of nitrogens with one attached hydrogen (secondary N) is 2. The van der Waals surface area contributed by atoms with E-state index in [1.54, 1.807) is 0 Å². The second kappa shape index (κ2) is 9.05. The van der Waals surface area contributed by atoms with Crippen molar-refractivity contribution < 1.29 is 9.59 Å². The zero-order chi connectivity index (χ0) is 21.0. The van der Waals surface area contributed by atoms with Gasteiger partial charge < -0.3 is 10.6 Å². The lowest BCUT2D eigenvalue weighted by atomic mass is 10.0. The standard InChI is InChI=1S/C22H24N4O2S/c1-13-10-14(2)20(15(3)11-13)23-19(27)12-18-21(28)24-22(29-18)26-25-16(4)17-8-6-5-7-9-17/h5-11,18H,12H2,1-4H3,(H,23,27)(H,24,26,28)/t18-/m0/s1. The van der Waals surface area contributed by atoms with Gasteiger partial charge in [-0.3, -0.25) is 9.59 Å². The highest BCUT2D eigenvalue weighted by molar-refractivity contribution is 8.15. The lowest BCUT2D eigenvalue weighted by Gasteiger charge is -2.13. The fraction of sp³-hybridized carbons (Fsp3) is 0.273. The molecule has 2 aromatic carbocycles. The van der Waals surface area contributed by atoms with Crippen LogP contribution in [0.4, 0.5) is 5.69 Å². The molecule has 29 heavy (non-hydrogen) atoms. The summed E-state index contributed by atoms with van der Waals surface area (Å²) in [5.74, 6) is -0.424. The predicted molar refractivity (Wildman–Crippen MR) is 120 cm³/mol. The van der Waals surface area contributed by atoms with Crippen LogP contribution < -0.4 is 10.6 Å². The van der Waals surface area contributed by atoms with Crippen molar-refractivity contribution in [3.05, 3.63) is 64.7 Å². The van der Waals surface area contributed by atoms with E-state index < -0.39 is 5.25 Å². The van der Waals surface area contributed by atoms with Crippen molar-refractivity contribution in [1.82, 2.24) is 5.32 Å². The molecule has 3 rings (SSSR count). The normalized spacial score (nSPS) is 18.1. The molecular weight excluding hydrogens is 384 g/mol. The summed E-state index contributed by atoms with van der Waals surface area (Å²) in [7, 11) is 0. The Morgan fingerprint density at radius 2 is 1.79 bits per heavy atom. The van der Waals surface area contributed by atoms with Gasteiger partial charge in [-0.1, -0.05) is 59.8 Å². The number of carbonyl (C=O) groups excluding carboxylic acids is 2. The van der Waals surface area contributed by atoms with Crippen LogP contribution in [0.5, 0.6) is 0 Å². The number of hydrogen-bond acceptors (Lipinski definition) is 5. The zero-order valence-corrected chi connectivity index (χ0v) is 17.8. The second-order valence-electron chi connectivity index (χ2n) is 7.08. The van der Waals surface area contributed by atoms with Gasteiger partial charge >= 0.3 is 0 Å². The summed E-state index contributed by atoms with van der Waals surface area (Å²) in [4.78, 5) is 24.7. The Hall–Kier alpha value is -2.93. The highest BCUT2D eigenvalue weighted by atomic mass is 32.2. The molecule has 0 aromatic heterocycles. The van der Waals surface area contributed by atoms with Crippen molar-refractivity contribution in [2.75, 3.05) is 5.32 Å². The number of carbonyl (C=O) groups is 2. The molecular formula is C22H24N4O2S. The SMILES string of the molecule is CC(=NN=C1NC(=O)[C@H](CC(=O)Nc2c(C)cc(C)cc2C)S1)c1ccccc1. The summed E-state index contributed by atoms with van der Waals surface area (Å²) < 4.78 is 0. The molecule has 2 N–H and O–H groups in total. The third-order valence-electron chi connectivity index (χ3n) is 4.57. The first kappa shape index (κ1) is 20.8. The average Bonchev–Trinajstić information content (AvgIpc) is 3.02. The van der Waals surface area contributed by atoms with Crippen LogP contribution in [0.15, 0.2) is 52.7 Å². The van der Waals surface area contributed by atoms with Gasteiger partial charge in [-0.15, -0.1) is 5.10 Å². The Morgan fingerprint density at radius 3 is 2.45 bits per heavy atom. The van der Waals surface area contributed by atoms with Gasteiger partial charge in [-0.05, 0) is 44.4 Å². The molecule has 2 aromatic rings. The van der Waals surface area contributed by atoms with Gasteiger partial charge in [0.2, 0.25) is 11.8 Å². The summed E-state index contributed by atoms with van der Waals surface area (Å²) in [5, 5.41) is 13.8. The molecule has 1 aliphatic heterocycles. The first-order chi connectivity index (χ1) is 13.8. The Bertz CT molecular complexity index is 976. The fourth-order valence-corrected chi connectivity index (χ4v) is 4.10. The highest BCUT2D eigenvalue weighted by Crippen LogP contribution is 2.25. The number of thioether (sulfide) groups is 1. The minimum atomic E-state index is -0.521. The van der Waals surface area contributed by atoms with E-state index in [1.165, 1.54) is 11.8 Å².